The molecule has 0 unspecified atom stereocenters. The van der Waals surface area contributed by atoms with Gasteiger partial charge in [0.25, 0.3) is 0 Å². The van der Waals surface area contributed by atoms with Crippen molar-refractivity contribution in [2.75, 3.05) is 7.11 Å². The molecule has 3 aromatic heterocycles. The van der Waals surface area contributed by atoms with Crippen molar-refractivity contribution < 1.29 is 27.9 Å². The highest BCUT2D eigenvalue weighted by atomic mass is 16.6. The molecule has 26 heavy (non-hydrogen) atoms. The van der Waals surface area contributed by atoms with Gasteiger partial charge in [-0.25, -0.2) is 9.59 Å². The summed E-state index contributed by atoms with van der Waals surface area (Å²) in [5.41, 5.74) is 2.20. The van der Waals surface area contributed by atoms with E-state index in [-0.39, 0.29) is 12.4 Å². The second-order valence-corrected chi connectivity index (χ2v) is 5.78. The van der Waals surface area contributed by atoms with Crippen LogP contribution in [0.4, 0.5) is 0 Å². The Morgan fingerprint density at radius 1 is 1.12 bits per heavy atom. The molecule has 3 heterocycles. The highest BCUT2D eigenvalue weighted by Gasteiger charge is 2.19. The number of ether oxygens (including phenoxy) is 2. The van der Waals surface area contributed by atoms with Crippen molar-refractivity contribution in [3.8, 4) is 0 Å². The van der Waals surface area contributed by atoms with E-state index in [4.69, 9.17) is 13.6 Å². The summed E-state index contributed by atoms with van der Waals surface area (Å²) in [6.45, 7) is 4.24. The van der Waals surface area contributed by atoms with E-state index in [0.29, 0.717) is 17.9 Å². The smallest absolute Gasteiger partial charge is 0.373 e. The molecule has 0 saturated carbocycles. The predicted octanol–water partition coefficient (Wildman–Crippen LogP) is 3.48. The number of carbonyl (C=O) groups excluding carboxylic acids is 2. The highest BCUT2D eigenvalue weighted by molar-refractivity contribution is 5.91. The second kappa shape index (κ2) is 7.35. The predicted molar refractivity (Wildman–Crippen MR) is 90.9 cm³/mol. The Labute approximate surface area is 150 Å². The first-order valence-electron chi connectivity index (χ1n) is 8.03. The number of hydrogen-bond donors (Lipinski definition) is 0. The Bertz CT molecular complexity index is 916. The minimum Gasteiger partial charge on any atom is -0.467 e. The normalized spacial score (nSPS) is 10.7. The summed E-state index contributed by atoms with van der Waals surface area (Å²) in [5, 5.41) is 0. The van der Waals surface area contributed by atoms with Gasteiger partial charge in [0.05, 0.1) is 25.5 Å². The van der Waals surface area contributed by atoms with Gasteiger partial charge in [-0.15, -0.1) is 0 Å². The third-order valence-electron chi connectivity index (χ3n) is 4.08. The minimum absolute atomic E-state index is 0.0650. The molecule has 0 fully saturated rings. The van der Waals surface area contributed by atoms with E-state index in [1.54, 1.807) is 18.4 Å². The van der Waals surface area contributed by atoms with Gasteiger partial charge in [0.1, 0.15) is 18.1 Å². The van der Waals surface area contributed by atoms with Crippen LogP contribution < -0.4 is 0 Å². The summed E-state index contributed by atoms with van der Waals surface area (Å²) in [4.78, 5) is 23.8. The first-order valence-corrected chi connectivity index (χ1v) is 8.03. The average Bonchev–Trinajstić information content (AvgIpc) is 3.36. The lowest BCUT2D eigenvalue weighted by Crippen LogP contribution is -2.08. The van der Waals surface area contributed by atoms with E-state index in [9.17, 15) is 9.59 Å². The fourth-order valence-electron chi connectivity index (χ4n) is 2.69. The summed E-state index contributed by atoms with van der Waals surface area (Å²) in [6, 6.07) is 8.53. The summed E-state index contributed by atoms with van der Waals surface area (Å²) in [7, 11) is 1.27. The number of furan rings is 2. The van der Waals surface area contributed by atoms with Gasteiger partial charge < -0.3 is 22.9 Å². The van der Waals surface area contributed by atoms with Crippen molar-refractivity contribution in [3.63, 3.8) is 0 Å². The van der Waals surface area contributed by atoms with Crippen LogP contribution in [-0.2, 0) is 22.6 Å². The summed E-state index contributed by atoms with van der Waals surface area (Å²) < 4.78 is 22.5. The van der Waals surface area contributed by atoms with Crippen LogP contribution >= 0.6 is 0 Å². The van der Waals surface area contributed by atoms with E-state index in [2.05, 4.69) is 4.74 Å². The Morgan fingerprint density at radius 2 is 1.92 bits per heavy atom. The van der Waals surface area contributed by atoms with Crippen molar-refractivity contribution >= 4 is 11.9 Å². The van der Waals surface area contributed by atoms with Crippen LogP contribution in [0.2, 0.25) is 0 Å². The Balaban J connectivity index is 1.68. The van der Waals surface area contributed by atoms with Crippen molar-refractivity contribution in [2.24, 2.45) is 0 Å². The number of carbonyl (C=O) groups is 2. The Kier molecular flexibility index (Phi) is 4.97. The van der Waals surface area contributed by atoms with Gasteiger partial charge in [-0.05, 0) is 44.2 Å². The lowest BCUT2D eigenvalue weighted by molar-refractivity contribution is 0.0437. The molecule has 7 heteroatoms. The maximum absolute atomic E-state index is 12.4. The molecule has 0 aromatic carbocycles. The summed E-state index contributed by atoms with van der Waals surface area (Å²) in [5.74, 6) is 0.194. The molecule has 136 valence electrons. The molecule has 0 saturated heterocycles. The lowest BCUT2D eigenvalue weighted by Gasteiger charge is -2.08. The molecule has 0 atom stereocenters. The molecule has 3 aromatic rings. The minimum atomic E-state index is -0.580. The van der Waals surface area contributed by atoms with Gasteiger partial charge >= 0.3 is 11.9 Å². The molecular weight excluding hydrogens is 338 g/mol. The van der Waals surface area contributed by atoms with Crippen LogP contribution in [0.15, 0.2) is 45.4 Å². The topological polar surface area (TPSA) is 83.8 Å². The number of nitrogens with zero attached hydrogens (tertiary/aromatic N) is 1. The molecule has 3 rings (SSSR count). The lowest BCUT2D eigenvalue weighted by atomic mass is 10.2. The third-order valence-corrected chi connectivity index (χ3v) is 4.08. The number of aryl methyl sites for hydroxylation is 1. The van der Waals surface area contributed by atoms with Gasteiger partial charge in [0.15, 0.2) is 0 Å². The first kappa shape index (κ1) is 17.6. The average molecular weight is 357 g/mol. The second-order valence-electron chi connectivity index (χ2n) is 5.78. The molecule has 7 nitrogen and oxygen atoms in total. The molecule has 0 aliphatic carbocycles. The van der Waals surface area contributed by atoms with Crippen LogP contribution in [0.5, 0.6) is 0 Å². The number of methoxy groups -OCH3 is 1. The molecule has 0 bridgehead atoms. The zero-order valence-electron chi connectivity index (χ0n) is 14.8. The zero-order chi connectivity index (χ0) is 18.7. The van der Waals surface area contributed by atoms with E-state index in [1.807, 2.05) is 30.5 Å². The van der Waals surface area contributed by atoms with Gasteiger partial charge in [-0.1, -0.05) is 0 Å². The van der Waals surface area contributed by atoms with Crippen LogP contribution in [0.3, 0.4) is 0 Å². The molecule has 0 aliphatic rings. The van der Waals surface area contributed by atoms with Crippen LogP contribution in [0.1, 0.15) is 43.8 Å². The number of hydrogen-bond acceptors (Lipinski definition) is 6. The molecular formula is C19H19NO6. The molecule has 0 radical (unpaired) electrons. The SMILES string of the molecule is COC(=O)c1ccc(COC(=O)c2cc(C)n(Cc3ccco3)c2C)o1. The first-order chi connectivity index (χ1) is 12.5. The molecule has 0 spiro atoms. The van der Waals surface area contributed by atoms with Gasteiger partial charge in [0.2, 0.25) is 5.76 Å². The van der Waals surface area contributed by atoms with E-state index in [0.717, 1.165) is 17.1 Å². The van der Waals surface area contributed by atoms with E-state index >= 15 is 0 Å². The van der Waals surface area contributed by atoms with Gasteiger partial charge in [-0.2, -0.15) is 0 Å². The van der Waals surface area contributed by atoms with Crippen LogP contribution in [-0.4, -0.2) is 23.6 Å². The van der Waals surface area contributed by atoms with Crippen molar-refractivity contribution in [1.82, 2.24) is 4.57 Å². The summed E-state index contributed by atoms with van der Waals surface area (Å²) in [6.07, 6.45) is 1.62. The standard InChI is InChI=1S/C19H19NO6/c1-12-9-16(13(2)20(12)10-14-5-4-8-24-14)18(21)25-11-15-6-7-17(26-15)19(22)23-3/h4-9H,10-11H2,1-3H3. The quantitative estimate of drug-likeness (QED) is 0.628. The van der Waals surface area contributed by atoms with Crippen LogP contribution in [0, 0.1) is 13.8 Å². The molecule has 0 N–H and O–H groups in total. The third kappa shape index (κ3) is 3.56. The molecule has 0 amide bonds. The van der Waals surface area contributed by atoms with Gasteiger partial charge in [-0.3, -0.25) is 0 Å². The largest absolute Gasteiger partial charge is 0.467 e. The van der Waals surface area contributed by atoms with Gasteiger partial charge in [0, 0.05) is 11.4 Å². The van der Waals surface area contributed by atoms with Crippen molar-refractivity contribution in [1.29, 1.82) is 0 Å². The van der Waals surface area contributed by atoms with E-state index in [1.165, 1.54) is 13.2 Å². The Hall–Kier alpha value is -3.22. The highest BCUT2D eigenvalue weighted by Crippen LogP contribution is 2.19. The number of esters is 2. The molecule has 0 aliphatic heterocycles. The monoisotopic (exact) mass is 357 g/mol. The zero-order valence-corrected chi connectivity index (χ0v) is 14.8. The fourth-order valence-corrected chi connectivity index (χ4v) is 2.69. The van der Waals surface area contributed by atoms with Crippen molar-refractivity contribution in [3.05, 3.63) is 70.8 Å². The number of rotatable bonds is 6. The van der Waals surface area contributed by atoms with E-state index < -0.39 is 11.9 Å². The maximum Gasteiger partial charge on any atom is 0.373 e. The number of aromatic nitrogens is 1. The summed E-state index contributed by atoms with van der Waals surface area (Å²) >= 11 is 0. The fraction of sp³-hybridized carbons (Fsp3) is 0.263. The van der Waals surface area contributed by atoms with Crippen LogP contribution in [0.25, 0.3) is 0 Å². The Morgan fingerprint density at radius 3 is 2.62 bits per heavy atom. The maximum atomic E-state index is 12.4. The van der Waals surface area contributed by atoms with Crippen molar-refractivity contribution in [2.45, 2.75) is 27.0 Å².